The molecule has 1 saturated heterocycles. The van der Waals surface area contributed by atoms with E-state index in [0.29, 0.717) is 11.8 Å². The van der Waals surface area contributed by atoms with E-state index < -0.39 is 0 Å². The normalized spacial score (nSPS) is 21.3. The highest BCUT2D eigenvalue weighted by Gasteiger charge is 2.24. The molecule has 1 unspecified atom stereocenters. The number of phenols is 1. The molecule has 0 spiro atoms. The molecular formula is C14H21NO. The molecule has 2 N–H and O–H groups in total. The molecule has 1 atom stereocenters. The van der Waals surface area contributed by atoms with Crippen LogP contribution in [0.1, 0.15) is 50.8 Å². The summed E-state index contributed by atoms with van der Waals surface area (Å²) in [6.45, 7) is 7.46. The van der Waals surface area contributed by atoms with Crippen LogP contribution in [0.5, 0.6) is 5.75 Å². The van der Waals surface area contributed by atoms with Crippen molar-refractivity contribution in [1.82, 2.24) is 5.32 Å². The minimum atomic E-state index is -0.00129. The number of rotatable bonds is 1. The Morgan fingerprint density at radius 2 is 2.06 bits per heavy atom. The Morgan fingerprint density at radius 1 is 1.31 bits per heavy atom. The predicted molar refractivity (Wildman–Crippen MR) is 66.8 cm³/mol. The molecule has 88 valence electrons. The van der Waals surface area contributed by atoms with Crippen molar-refractivity contribution in [2.24, 2.45) is 0 Å². The fourth-order valence-electron chi connectivity index (χ4n) is 2.40. The van der Waals surface area contributed by atoms with Crippen LogP contribution >= 0.6 is 0 Å². The number of hydrogen-bond acceptors (Lipinski definition) is 2. The van der Waals surface area contributed by atoms with E-state index >= 15 is 0 Å². The molecule has 0 saturated carbocycles. The lowest BCUT2D eigenvalue weighted by Gasteiger charge is -2.23. The zero-order valence-electron chi connectivity index (χ0n) is 10.4. The molecule has 0 bridgehead atoms. The first-order valence-electron chi connectivity index (χ1n) is 6.06. The minimum absolute atomic E-state index is 0.00129. The summed E-state index contributed by atoms with van der Waals surface area (Å²) < 4.78 is 0. The molecule has 1 aliphatic heterocycles. The quantitative estimate of drug-likeness (QED) is 0.760. The third kappa shape index (κ3) is 2.07. The van der Waals surface area contributed by atoms with E-state index in [1.165, 1.54) is 6.42 Å². The lowest BCUT2D eigenvalue weighted by atomic mass is 9.84. The van der Waals surface area contributed by atoms with Gasteiger partial charge in [0.1, 0.15) is 5.75 Å². The van der Waals surface area contributed by atoms with E-state index in [9.17, 15) is 5.11 Å². The maximum absolute atomic E-state index is 10.3. The first-order chi connectivity index (χ1) is 7.50. The summed E-state index contributed by atoms with van der Waals surface area (Å²) in [5, 5.41) is 13.8. The summed E-state index contributed by atoms with van der Waals surface area (Å²) in [5.74, 6) is 0.481. The minimum Gasteiger partial charge on any atom is -0.507 e. The van der Waals surface area contributed by atoms with Gasteiger partial charge in [-0.2, -0.15) is 0 Å². The SMILES string of the molecule is CC(C)(C)c1cccc(C2CCCN2)c1O. The number of aromatic hydroxyl groups is 1. The molecule has 1 aromatic carbocycles. The summed E-state index contributed by atoms with van der Waals surface area (Å²) >= 11 is 0. The standard InChI is InChI=1S/C14H21NO/c1-14(2,3)11-7-4-6-10(13(11)16)12-8-5-9-15-12/h4,6-7,12,15-16H,5,8-9H2,1-3H3. The van der Waals surface area contributed by atoms with Gasteiger partial charge in [0, 0.05) is 11.6 Å². The van der Waals surface area contributed by atoms with Gasteiger partial charge in [0.15, 0.2) is 0 Å². The van der Waals surface area contributed by atoms with Gasteiger partial charge in [0.25, 0.3) is 0 Å². The maximum Gasteiger partial charge on any atom is 0.124 e. The molecule has 1 aromatic rings. The van der Waals surface area contributed by atoms with Crippen LogP contribution in [0.25, 0.3) is 0 Å². The van der Waals surface area contributed by atoms with Crippen LogP contribution in [0.15, 0.2) is 18.2 Å². The molecule has 1 aliphatic rings. The number of para-hydroxylation sites is 1. The Bertz CT molecular complexity index is 373. The average molecular weight is 219 g/mol. The smallest absolute Gasteiger partial charge is 0.124 e. The summed E-state index contributed by atoms with van der Waals surface area (Å²) in [5.41, 5.74) is 2.10. The topological polar surface area (TPSA) is 32.3 Å². The Morgan fingerprint density at radius 3 is 2.62 bits per heavy atom. The van der Waals surface area contributed by atoms with Gasteiger partial charge in [-0.15, -0.1) is 0 Å². The third-order valence-electron chi connectivity index (χ3n) is 3.31. The molecule has 0 aliphatic carbocycles. The van der Waals surface area contributed by atoms with Crippen molar-refractivity contribution < 1.29 is 5.11 Å². The molecular weight excluding hydrogens is 198 g/mol. The summed E-state index contributed by atoms with van der Waals surface area (Å²) in [4.78, 5) is 0. The van der Waals surface area contributed by atoms with Crippen LogP contribution in [-0.2, 0) is 5.41 Å². The predicted octanol–water partition coefficient (Wildman–Crippen LogP) is 3.11. The second kappa shape index (κ2) is 4.10. The van der Waals surface area contributed by atoms with E-state index in [2.05, 4.69) is 32.2 Å². The second-order valence-electron chi connectivity index (χ2n) is 5.64. The van der Waals surface area contributed by atoms with E-state index in [1.54, 1.807) is 0 Å². The van der Waals surface area contributed by atoms with Crippen LogP contribution in [0.2, 0.25) is 0 Å². The number of nitrogens with one attached hydrogen (secondary N) is 1. The van der Waals surface area contributed by atoms with Crippen molar-refractivity contribution >= 4 is 0 Å². The van der Waals surface area contributed by atoms with Gasteiger partial charge in [0.05, 0.1) is 0 Å². The molecule has 0 radical (unpaired) electrons. The Kier molecular flexibility index (Phi) is 2.94. The zero-order chi connectivity index (χ0) is 11.8. The summed E-state index contributed by atoms with van der Waals surface area (Å²) in [6, 6.07) is 6.44. The number of hydrogen-bond donors (Lipinski definition) is 2. The molecule has 2 rings (SSSR count). The highest BCUT2D eigenvalue weighted by molar-refractivity contribution is 5.45. The molecule has 2 nitrogen and oxygen atoms in total. The van der Waals surface area contributed by atoms with E-state index in [4.69, 9.17) is 0 Å². The van der Waals surface area contributed by atoms with Crippen LogP contribution in [0.3, 0.4) is 0 Å². The molecule has 1 fully saturated rings. The highest BCUT2D eigenvalue weighted by atomic mass is 16.3. The number of benzene rings is 1. The van der Waals surface area contributed by atoms with Crippen molar-refractivity contribution in [1.29, 1.82) is 0 Å². The third-order valence-corrected chi connectivity index (χ3v) is 3.31. The van der Waals surface area contributed by atoms with E-state index in [0.717, 1.165) is 24.1 Å². The van der Waals surface area contributed by atoms with Gasteiger partial charge in [-0.1, -0.05) is 39.0 Å². The Balaban J connectivity index is 2.40. The van der Waals surface area contributed by atoms with Crippen molar-refractivity contribution in [3.63, 3.8) is 0 Å². The van der Waals surface area contributed by atoms with Gasteiger partial charge >= 0.3 is 0 Å². The lowest BCUT2D eigenvalue weighted by molar-refractivity contribution is 0.431. The maximum atomic E-state index is 10.3. The van der Waals surface area contributed by atoms with Gasteiger partial charge in [-0.3, -0.25) is 0 Å². The van der Waals surface area contributed by atoms with Gasteiger partial charge in [0.2, 0.25) is 0 Å². The Hall–Kier alpha value is -1.02. The van der Waals surface area contributed by atoms with E-state index in [-0.39, 0.29) is 5.41 Å². The largest absolute Gasteiger partial charge is 0.507 e. The fraction of sp³-hybridized carbons (Fsp3) is 0.571. The van der Waals surface area contributed by atoms with Crippen LogP contribution in [0.4, 0.5) is 0 Å². The zero-order valence-corrected chi connectivity index (χ0v) is 10.4. The highest BCUT2D eigenvalue weighted by Crippen LogP contribution is 2.37. The summed E-state index contributed by atoms with van der Waals surface area (Å²) in [6.07, 6.45) is 2.32. The van der Waals surface area contributed by atoms with Crippen LogP contribution < -0.4 is 5.32 Å². The molecule has 1 heterocycles. The molecule has 0 aromatic heterocycles. The monoisotopic (exact) mass is 219 g/mol. The van der Waals surface area contributed by atoms with Crippen molar-refractivity contribution in [2.75, 3.05) is 6.54 Å². The van der Waals surface area contributed by atoms with E-state index in [1.807, 2.05) is 12.1 Å². The lowest BCUT2D eigenvalue weighted by Crippen LogP contribution is -2.16. The molecule has 16 heavy (non-hydrogen) atoms. The summed E-state index contributed by atoms with van der Waals surface area (Å²) in [7, 11) is 0. The molecule has 0 amide bonds. The first kappa shape index (κ1) is 11.5. The second-order valence-corrected chi connectivity index (χ2v) is 5.64. The first-order valence-corrected chi connectivity index (χ1v) is 6.06. The average Bonchev–Trinajstić information content (AvgIpc) is 2.69. The van der Waals surface area contributed by atoms with Crippen molar-refractivity contribution in [3.8, 4) is 5.75 Å². The van der Waals surface area contributed by atoms with Crippen LogP contribution in [0, 0.1) is 0 Å². The van der Waals surface area contributed by atoms with Gasteiger partial charge < -0.3 is 10.4 Å². The number of phenolic OH excluding ortho intramolecular Hbond substituents is 1. The van der Waals surface area contributed by atoms with Crippen molar-refractivity contribution in [2.45, 2.75) is 45.1 Å². The van der Waals surface area contributed by atoms with Crippen LogP contribution in [-0.4, -0.2) is 11.7 Å². The van der Waals surface area contributed by atoms with Gasteiger partial charge in [-0.25, -0.2) is 0 Å². The van der Waals surface area contributed by atoms with Crippen molar-refractivity contribution in [3.05, 3.63) is 29.3 Å². The van der Waals surface area contributed by atoms with Gasteiger partial charge in [-0.05, 0) is 30.4 Å². The molecule has 2 heteroatoms. The Labute approximate surface area is 97.7 Å². The fourth-order valence-corrected chi connectivity index (χ4v) is 2.40.